The molecule has 0 aliphatic carbocycles. The van der Waals surface area contributed by atoms with Crippen molar-refractivity contribution in [3.05, 3.63) is 0 Å². The number of halogens is 1. The highest BCUT2D eigenvalue weighted by Gasteiger charge is 2.25. The smallest absolute Gasteiger partial charge is 0.223 e. The van der Waals surface area contributed by atoms with Crippen LogP contribution >= 0.6 is 15.9 Å². The van der Waals surface area contributed by atoms with Crippen LogP contribution in [0.5, 0.6) is 0 Å². The minimum atomic E-state index is 0.229. The molecule has 0 saturated carbocycles. The zero-order chi connectivity index (χ0) is 12.5. The number of hydrogen-bond acceptors (Lipinski definition) is 2. The Kier molecular flexibility index (Phi) is 7.86. The van der Waals surface area contributed by atoms with Gasteiger partial charge in [0, 0.05) is 18.3 Å². The van der Waals surface area contributed by atoms with Gasteiger partial charge in [-0.25, -0.2) is 0 Å². The fraction of sp³-hybridized carbons (Fsp3) is 0.923. The maximum absolute atomic E-state index is 12.0. The molecule has 0 aromatic rings. The Morgan fingerprint density at radius 2 is 2.12 bits per heavy atom. The van der Waals surface area contributed by atoms with Crippen LogP contribution in [0.3, 0.4) is 0 Å². The fourth-order valence-corrected chi connectivity index (χ4v) is 2.67. The molecule has 0 aromatic heterocycles. The molecule has 0 aromatic carbocycles. The van der Waals surface area contributed by atoms with E-state index in [2.05, 4.69) is 22.9 Å². The lowest BCUT2D eigenvalue weighted by Gasteiger charge is -2.34. The first-order chi connectivity index (χ1) is 8.29. The van der Waals surface area contributed by atoms with Crippen LogP contribution in [-0.4, -0.2) is 41.9 Å². The lowest BCUT2D eigenvalue weighted by molar-refractivity contribution is -0.138. The highest BCUT2D eigenvalue weighted by Crippen LogP contribution is 2.13. The molecule has 1 rings (SSSR count). The van der Waals surface area contributed by atoms with Gasteiger partial charge in [0.05, 0.1) is 19.3 Å². The lowest BCUT2D eigenvalue weighted by Crippen LogP contribution is -2.49. The summed E-state index contributed by atoms with van der Waals surface area (Å²) in [5.74, 6) is 0.300. The van der Waals surface area contributed by atoms with Gasteiger partial charge in [-0.2, -0.15) is 0 Å². The van der Waals surface area contributed by atoms with Gasteiger partial charge in [0.25, 0.3) is 0 Å². The molecule has 17 heavy (non-hydrogen) atoms. The first kappa shape index (κ1) is 15.0. The quantitative estimate of drug-likeness (QED) is 0.534. The topological polar surface area (TPSA) is 29.5 Å². The van der Waals surface area contributed by atoms with Crippen molar-refractivity contribution >= 4 is 21.8 Å². The number of unbranched alkanes of at least 4 members (excludes halogenated alkanes) is 4. The molecule has 0 bridgehead atoms. The van der Waals surface area contributed by atoms with E-state index in [1.165, 1.54) is 25.7 Å². The van der Waals surface area contributed by atoms with E-state index in [0.717, 1.165) is 18.3 Å². The van der Waals surface area contributed by atoms with Crippen molar-refractivity contribution in [2.24, 2.45) is 0 Å². The Morgan fingerprint density at radius 3 is 2.82 bits per heavy atom. The minimum absolute atomic E-state index is 0.229. The molecule has 1 unspecified atom stereocenters. The van der Waals surface area contributed by atoms with E-state index in [4.69, 9.17) is 4.74 Å². The summed E-state index contributed by atoms with van der Waals surface area (Å²) in [7, 11) is 0. The van der Waals surface area contributed by atoms with Crippen LogP contribution in [-0.2, 0) is 9.53 Å². The molecule has 1 atom stereocenters. The fourth-order valence-electron chi connectivity index (χ4n) is 2.13. The van der Waals surface area contributed by atoms with Crippen molar-refractivity contribution in [3.8, 4) is 0 Å². The van der Waals surface area contributed by atoms with E-state index in [1.54, 1.807) is 0 Å². The molecule has 1 aliphatic rings. The first-order valence-electron chi connectivity index (χ1n) is 6.72. The SMILES string of the molecule is CCCCCCCC(=O)N1CCOCC1CBr. The van der Waals surface area contributed by atoms with Gasteiger partial charge in [-0.15, -0.1) is 0 Å². The molecule has 1 fully saturated rings. The van der Waals surface area contributed by atoms with Crippen LogP contribution in [0.15, 0.2) is 0 Å². The van der Waals surface area contributed by atoms with Crippen LogP contribution in [0.25, 0.3) is 0 Å². The number of rotatable bonds is 7. The second-order valence-corrected chi connectivity index (χ2v) is 5.28. The van der Waals surface area contributed by atoms with E-state index in [-0.39, 0.29) is 6.04 Å². The van der Waals surface area contributed by atoms with E-state index >= 15 is 0 Å². The van der Waals surface area contributed by atoms with E-state index in [0.29, 0.717) is 25.5 Å². The van der Waals surface area contributed by atoms with Crippen LogP contribution in [0, 0.1) is 0 Å². The van der Waals surface area contributed by atoms with Crippen LogP contribution in [0.1, 0.15) is 45.4 Å². The average Bonchev–Trinajstić information content (AvgIpc) is 2.38. The number of amides is 1. The molecule has 1 aliphatic heterocycles. The highest BCUT2D eigenvalue weighted by molar-refractivity contribution is 9.09. The van der Waals surface area contributed by atoms with Gasteiger partial charge < -0.3 is 9.64 Å². The molecule has 1 amide bonds. The Hall–Kier alpha value is -0.0900. The Labute approximate surface area is 113 Å². The molecule has 0 spiro atoms. The third kappa shape index (κ3) is 5.38. The second-order valence-electron chi connectivity index (χ2n) is 4.63. The number of carbonyl (C=O) groups excluding carboxylic acids is 1. The van der Waals surface area contributed by atoms with Gasteiger partial charge in [-0.05, 0) is 6.42 Å². The van der Waals surface area contributed by atoms with Crippen LogP contribution in [0.2, 0.25) is 0 Å². The molecule has 3 nitrogen and oxygen atoms in total. The molecule has 100 valence electrons. The van der Waals surface area contributed by atoms with E-state index < -0.39 is 0 Å². The minimum Gasteiger partial charge on any atom is -0.377 e. The summed E-state index contributed by atoms with van der Waals surface area (Å²) >= 11 is 3.45. The highest BCUT2D eigenvalue weighted by atomic mass is 79.9. The van der Waals surface area contributed by atoms with Gasteiger partial charge in [-0.3, -0.25) is 4.79 Å². The number of hydrogen-bond donors (Lipinski definition) is 0. The van der Waals surface area contributed by atoms with Gasteiger partial charge >= 0.3 is 0 Å². The van der Waals surface area contributed by atoms with Crippen molar-refractivity contribution in [3.63, 3.8) is 0 Å². The Balaban J connectivity index is 2.20. The predicted octanol–water partition coefficient (Wildman–Crippen LogP) is 2.97. The van der Waals surface area contributed by atoms with Crippen LogP contribution in [0.4, 0.5) is 0 Å². The summed E-state index contributed by atoms with van der Waals surface area (Å²) in [6, 6.07) is 0.229. The molecule has 4 heteroatoms. The van der Waals surface area contributed by atoms with Gasteiger partial charge in [0.1, 0.15) is 0 Å². The van der Waals surface area contributed by atoms with Crippen molar-refractivity contribution in [1.82, 2.24) is 4.90 Å². The summed E-state index contributed by atoms with van der Waals surface area (Å²) in [6.45, 7) is 4.32. The van der Waals surface area contributed by atoms with Crippen molar-refractivity contribution < 1.29 is 9.53 Å². The van der Waals surface area contributed by atoms with E-state index in [9.17, 15) is 4.79 Å². The monoisotopic (exact) mass is 305 g/mol. The third-order valence-corrected chi connectivity index (χ3v) is 3.97. The zero-order valence-corrected chi connectivity index (χ0v) is 12.4. The average molecular weight is 306 g/mol. The van der Waals surface area contributed by atoms with Gasteiger partial charge in [0.15, 0.2) is 0 Å². The van der Waals surface area contributed by atoms with E-state index in [1.807, 2.05) is 4.90 Å². The number of morpholine rings is 1. The maximum atomic E-state index is 12.0. The lowest BCUT2D eigenvalue weighted by atomic mass is 10.1. The standard InChI is InChI=1S/C13H24BrNO2/c1-2-3-4-5-6-7-13(16)15-8-9-17-11-12(15)10-14/h12H,2-11H2,1H3. The zero-order valence-electron chi connectivity index (χ0n) is 10.8. The first-order valence-corrected chi connectivity index (χ1v) is 7.85. The normalized spacial score (nSPS) is 20.6. The number of carbonyl (C=O) groups is 1. The van der Waals surface area contributed by atoms with Crippen LogP contribution < -0.4 is 0 Å². The molecule has 1 heterocycles. The largest absolute Gasteiger partial charge is 0.377 e. The second kappa shape index (κ2) is 8.92. The summed E-state index contributed by atoms with van der Waals surface area (Å²) in [4.78, 5) is 14.0. The molecule has 0 N–H and O–H groups in total. The summed E-state index contributed by atoms with van der Waals surface area (Å²) in [5.41, 5.74) is 0. The summed E-state index contributed by atoms with van der Waals surface area (Å²) in [6.07, 6.45) is 6.72. The molecular weight excluding hydrogens is 282 g/mol. The van der Waals surface area contributed by atoms with Gasteiger partial charge in [-0.1, -0.05) is 48.5 Å². The maximum Gasteiger partial charge on any atom is 0.223 e. The number of alkyl halides is 1. The Morgan fingerprint density at radius 1 is 1.35 bits per heavy atom. The molecule has 0 radical (unpaired) electrons. The number of nitrogens with zero attached hydrogens (tertiary/aromatic N) is 1. The summed E-state index contributed by atoms with van der Waals surface area (Å²) < 4.78 is 5.39. The molecular formula is C13H24BrNO2. The molecule has 1 saturated heterocycles. The van der Waals surface area contributed by atoms with Crippen molar-refractivity contribution in [2.45, 2.75) is 51.5 Å². The van der Waals surface area contributed by atoms with Crippen molar-refractivity contribution in [1.29, 1.82) is 0 Å². The predicted molar refractivity (Wildman–Crippen MR) is 73.5 cm³/mol. The summed E-state index contributed by atoms with van der Waals surface area (Å²) in [5, 5.41) is 0.814. The van der Waals surface area contributed by atoms with Gasteiger partial charge in [0.2, 0.25) is 5.91 Å². The number of ether oxygens (including phenoxy) is 1. The Bertz CT molecular complexity index is 223. The van der Waals surface area contributed by atoms with Crippen molar-refractivity contribution in [2.75, 3.05) is 25.1 Å². The third-order valence-electron chi connectivity index (χ3n) is 3.22.